The summed E-state index contributed by atoms with van der Waals surface area (Å²) in [7, 11) is 0. The van der Waals surface area contributed by atoms with Crippen LogP contribution < -0.4 is 5.32 Å². The van der Waals surface area contributed by atoms with E-state index in [1.165, 1.54) is 12.1 Å². The van der Waals surface area contributed by atoms with Crippen LogP contribution in [-0.2, 0) is 6.42 Å². The van der Waals surface area contributed by atoms with E-state index in [1.807, 2.05) is 12.1 Å². The highest BCUT2D eigenvalue weighted by molar-refractivity contribution is 5.60. The normalized spacial score (nSPS) is 11.0. The van der Waals surface area contributed by atoms with Gasteiger partial charge >= 0.3 is 0 Å². The van der Waals surface area contributed by atoms with Crippen LogP contribution in [0.4, 0.5) is 10.1 Å². The van der Waals surface area contributed by atoms with Gasteiger partial charge in [-0.05, 0) is 30.7 Å². The number of nitrogens with zero attached hydrogens (tertiary/aromatic N) is 1. The van der Waals surface area contributed by atoms with Crippen molar-refractivity contribution in [3.63, 3.8) is 0 Å². The Kier molecular flexibility index (Phi) is 5.80. The smallest absolute Gasteiger partial charge is 0.276 e. The second-order valence-electron chi connectivity index (χ2n) is 4.76. The van der Waals surface area contributed by atoms with Crippen molar-refractivity contribution in [3.05, 3.63) is 81.7 Å². The Hall–Kier alpha value is -2.53. The van der Waals surface area contributed by atoms with Gasteiger partial charge in [0.15, 0.2) is 0 Å². The highest BCUT2D eigenvalue weighted by Crippen LogP contribution is 2.18. The molecule has 0 atom stereocenters. The third kappa shape index (κ3) is 4.49. The number of hydrogen-bond acceptors (Lipinski definition) is 3. The van der Waals surface area contributed by atoms with Crippen molar-refractivity contribution in [1.82, 2.24) is 5.32 Å². The minimum atomic E-state index is -0.398. The lowest BCUT2D eigenvalue weighted by atomic mass is 10.1. The van der Waals surface area contributed by atoms with Gasteiger partial charge in [-0.1, -0.05) is 42.5 Å². The molecule has 0 aliphatic rings. The maximum absolute atomic E-state index is 13.4. The van der Waals surface area contributed by atoms with Crippen LogP contribution in [0.3, 0.4) is 0 Å². The maximum Gasteiger partial charge on any atom is 0.276 e. The van der Waals surface area contributed by atoms with Gasteiger partial charge in [-0.25, -0.2) is 4.39 Å². The molecule has 0 aliphatic carbocycles. The molecule has 0 radical (unpaired) electrons. The van der Waals surface area contributed by atoms with E-state index in [0.29, 0.717) is 30.6 Å². The molecule has 0 saturated heterocycles. The topological polar surface area (TPSA) is 55.2 Å². The largest absolute Gasteiger partial charge is 0.313 e. The van der Waals surface area contributed by atoms with E-state index in [0.717, 1.165) is 0 Å². The summed E-state index contributed by atoms with van der Waals surface area (Å²) in [6.07, 6.45) is 4.14. The Bertz CT molecular complexity index is 671. The SMILES string of the molecule is O=[N+]([O-])c1ccccc1C=CCNCCc1ccccc1F. The summed E-state index contributed by atoms with van der Waals surface area (Å²) in [4.78, 5) is 10.5. The number of nitro groups is 1. The summed E-state index contributed by atoms with van der Waals surface area (Å²) in [5.41, 5.74) is 1.34. The standard InChI is InChI=1S/C17H17FN2O2/c18-16-9-3-1-6-14(16)11-13-19-12-5-8-15-7-2-4-10-17(15)20(21)22/h1-10,19H,11-13H2. The van der Waals surface area contributed by atoms with Gasteiger partial charge in [0.25, 0.3) is 5.69 Å². The van der Waals surface area contributed by atoms with Crippen molar-refractivity contribution < 1.29 is 9.31 Å². The molecule has 4 nitrogen and oxygen atoms in total. The van der Waals surface area contributed by atoms with Crippen LogP contribution in [0, 0.1) is 15.9 Å². The average molecular weight is 300 g/mol. The Morgan fingerprint density at radius 2 is 1.86 bits per heavy atom. The second-order valence-corrected chi connectivity index (χ2v) is 4.76. The van der Waals surface area contributed by atoms with Gasteiger partial charge in [0.05, 0.1) is 10.5 Å². The van der Waals surface area contributed by atoms with E-state index in [2.05, 4.69) is 5.32 Å². The molecule has 2 aromatic carbocycles. The van der Waals surface area contributed by atoms with Crippen LogP contribution in [0.15, 0.2) is 54.6 Å². The van der Waals surface area contributed by atoms with Crippen LogP contribution in [0.5, 0.6) is 0 Å². The highest BCUT2D eigenvalue weighted by atomic mass is 19.1. The number of benzene rings is 2. The van der Waals surface area contributed by atoms with Gasteiger partial charge in [0.2, 0.25) is 0 Å². The molecule has 0 aromatic heterocycles. The van der Waals surface area contributed by atoms with E-state index in [4.69, 9.17) is 0 Å². The van der Waals surface area contributed by atoms with Gasteiger partial charge in [-0.2, -0.15) is 0 Å². The molecule has 2 rings (SSSR count). The summed E-state index contributed by atoms with van der Waals surface area (Å²) in [6.45, 7) is 1.21. The predicted molar refractivity (Wildman–Crippen MR) is 85.1 cm³/mol. The number of hydrogen-bond donors (Lipinski definition) is 1. The highest BCUT2D eigenvalue weighted by Gasteiger charge is 2.08. The number of rotatable bonds is 7. The number of nitro benzene ring substituents is 1. The van der Waals surface area contributed by atoms with Crippen LogP contribution in [0.2, 0.25) is 0 Å². The molecular formula is C17H17FN2O2. The first-order chi connectivity index (χ1) is 10.7. The minimum absolute atomic E-state index is 0.0881. The Balaban J connectivity index is 1.80. The molecule has 22 heavy (non-hydrogen) atoms. The van der Waals surface area contributed by atoms with Crippen molar-refractivity contribution in [2.75, 3.05) is 13.1 Å². The maximum atomic E-state index is 13.4. The van der Waals surface area contributed by atoms with Crippen molar-refractivity contribution in [3.8, 4) is 0 Å². The summed E-state index contributed by atoms with van der Waals surface area (Å²) in [5.74, 6) is -0.195. The average Bonchev–Trinajstić information content (AvgIpc) is 2.52. The van der Waals surface area contributed by atoms with Crippen LogP contribution in [-0.4, -0.2) is 18.0 Å². The summed E-state index contributed by atoms with van der Waals surface area (Å²) < 4.78 is 13.4. The quantitative estimate of drug-likeness (QED) is 0.483. The second kappa shape index (κ2) is 8.05. The van der Waals surface area contributed by atoms with E-state index >= 15 is 0 Å². The van der Waals surface area contributed by atoms with Crippen molar-refractivity contribution >= 4 is 11.8 Å². The molecule has 0 unspecified atom stereocenters. The predicted octanol–water partition coefficient (Wildman–Crippen LogP) is 3.58. The number of halogens is 1. The zero-order chi connectivity index (χ0) is 15.8. The minimum Gasteiger partial charge on any atom is -0.313 e. The van der Waals surface area contributed by atoms with Crippen LogP contribution in [0.1, 0.15) is 11.1 Å². The third-order valence-corrected chi connectivity index (χ3v) is 3.22. The molecule has 0 fully saturated rings. The Labute approximate surface area is 128 Å². The van der Waals surface area contributed by atoms with Gasteiger partial charge in [0, 0.05) is 12.6 Å². The van der Waals surface area contributed by atoms with E-state index in [9.17, 15) is 14.5 Å². The Morgan fingerprint density at radius 1 is 1.14 bits per heavy atom. The van der Waals surface area contributed by atoms with Crippen molar-refractivity contribution in [2.45, 2.75) is 6.42 Å². The molecule has 0 spiro atoms. The fourth-order valence-electron chi connectivity index (χ4n) is 2.09. The zero-order valence-electron chi connectivity index (χ0n) is 12.0. The van der Waals surface area contributed by atoms with E-state index in [-0.39, 0.29) is 11.5 Å². The first-order valence-corrected chi connectivity index (χ1v) is 7.02. The first kappa shape index (κ1) is 15.9. The molecular weight excluding hydrogens is 283 g/mol. The molecule has 0 heterocycles. The summed E-state index contributed by atoms with van der Waals surface area (Å²) >= 11 is 0. The van der Waals surface area contributed by atoms with Gasteiger partial charge in [-0.15, -0.1) is 0 Å². The lowest BCUT2D eigenvalue weighted by molar-refractivity contribution is -0.385. The van der Waals surface area contributed by atoms with E-state index in [1.54, 1.807) is 36.4 Å². The van der Waals surface area contributed by atoms with Crippen molar-refractivity contribution in [2.24, 2.45) is 0 Å². The monoisotopic (exact) mass is 300 g/mol. The zero-order valence-corrected chi connectivity index (χ0v) is 12.0. The van der Waals surface area contributed by atoms with Gasteiger partial charge in [-0.3, -0.25) is 10.1 Å². The molecule has 1 N–H and O–H groups in total. The molecule has 114 valence electrons. The Morgan fingerprint density at radius 3 is 2.64 bits per heavy atom. The van der Waals surface area contributed by atoms with Gasteiger partial charge < -0.3 is 5.32 Å². The number of para-hydroxylation sites is 1. The summed E-state index contributed by atoms with van der Waals surface area (Å²) in [6, 6.07) is 13.3. The summed E-state index contributed by atoms with van der Waals surface area (Å²) in [5, 5.41) is 14.0. The van der Waals surface area contributed by atoms with Crippen LogP contribution >= 0.6 is 0 Å². The number of nitrogens with one attached hydrogen (secondary N) is 1. The molecule has 0 saturated carbocycles. The van der Waals surface area contributed by atoms with E-state index < -0.39 is 4.92 Å². The molecule has 5 heteroatoms. The molecule has 0 aliphatic heterocycles. The first-order valence-electron chi connectivity index (χ1n) is 7.02. The lowest BCUT2D eigenvalue weighted by Gasteiger charge is -2.03. The molecule has 0 amide bonds. The molecule has 2 aromatic rings. The van der Waals surface area contributed by atoms with Crippen molar-refractivity contribution in [1.29, 1.82) is 0 Å². The fraction of sp³-hybridized carbons (Fsp3) is 0.176. The van der Waals surface area contributed by atoms with Gasteiger partial charge in [0.1, 0.15) is 5.82 Å². The lowest BCUT2D eigenvalue weighted by Crippen LogP contribution is -2.17. The third-order valence-electron chi connectivity index (χ3n) is 3.22. The fourth-order valence-corrected chi connectivity index (χ4v) is 2.09. The molecule has 0 bridgehead atoms. The van der Waals surface area contributed by atoms with Crippen LogP contribution in [0.25, 0.3) is 6.08 Å².